The summed E-state index contributed by atoms with van der Waals surface area (Å²) in [7, 11) is 0. The van der Waals surface area contributed by atoms with Crippen molar-refractivity contribution in [1.29, 1.82) is 0 Å². The lowest BCUT2D eigenvalue weighted by molar-refractivity contribution is -0.129. The minimum Gasteiger partial charge on any atom is -0.423 e. The Labute approximate surface area is 77.8 Å². The smallest absolute Gasteiger partial charge is 0.335 e. The van der Waals surface area contributed by atoms with Crippen molar-refractivity contribution in [1.82, 2.24) is 0 Å². The van der Waals surface area contributed by atoms with E-state index in [2.05, 4.69) is 0 Å². The number of hydrogen-bond donors (Lipinski definition) is 0. The summed E-state index contributed by atoms with van der Waals surface area (Å²) in [5, 5.41) is 0. The average Bonchev–Trinajstić information content (AvgIpc) is 2.16. The molecule has 0 atom stereocenters. The van der Waals surface area contributed by atoms with Gasteiger partial charge >= 0.3 is 5.97 Å². The number of carbonyl (C=O) groups excluding carboxylic acids is 1. The molecule has 0 aliphatic heterocycles. The van der Waals surface area contributed by atoms with Gasteiger partial charge in [0.25, 0.3) is 0 Å². The van der Waals surface area contributed by atoms with Crippen LogP contribution >= 0.6 is 0 Å². The zero-order valence-corrected chi connectivity index (χ0v) is 7.57. The van der Waals surface area contributed by atoms with Crippen molar-refractivity contribution in [3.8, 4) is 5.75 Å². The van der Waals surface area contributed by atoms with Crippen LogP contribution in [0.3, 0.4) is 0 Å². The van der Waals surface area contributed by atoms with Crippen LogP contribution in [0.2, 0.25) is 0 Å². The van der Waals surface area contributed by atoms with Crippen LogP contribution in [0.4, 0.5) is 0 Å². The molecule has 1 rings (SSSR count). The molecule has 2 nitrogen and oxygen atoms in total. The topological polar surface area (TPSA) is 26.3 Å². The van der Waals surface area contributed by atoms with E-state index < -0.39 is 0 Å². The van der Waals surface area contributed by atoms with Gasteiger partial charge in [-0.3, -0.25) is 0 Å². The van der Waals surface area contributed by atoms with Gasteiger partial charge in [0.05, 0.1) is 0 Å². The van der Waals surface area contributed by atoms with Gasteiger partial charge < -0.3 is 4.74 Å². The fourth-order valence-corrected chi connectivity index (χ4v) is 0.853. The number of rotatable bonds is 3. The normalized spacial score (nSPS) is 10.2. The van der Waals surface area contributed by atoms with Gasteiger partial charge in [0, 0.05) is 6.08 Å². The lowest BCUT2D eigenvalue weighted by Crippen LogP contribution is -2.03. The zero-order chi connectivity index (χ0) is 9.52. The van der Waals surface area contributed by atoms with Gasteiger partial charge in [-0.1, -0.05) is 31.2 Å². The fourth-order valence-electron chi connectivity index (χ4n) is 0.853. The lowest BCUT2D eigenvalue weighted by Gasteiger charge is -1.98. The first-order chi connectivity index (χ1) is 6.33. The van der Waals surface area contributed by atoms with E-state index in [1.54, 1.807) is 18.2 Å². The molecule has 0 saturated carbocycles. The van der Waals surface area contributed by atoms with Gasteiger partial charge in [-0.15, -0.1) is 0 Å². The summed E-state index contributed by atoms with van der Waals surface area (Å²) in [6, 6.07) is 9.02. The predicted octanol–water partition coefficient (Wildman–Crippen LogP) is 2.56. The van der Waals surface area contributed by atoms with E-state index in [0.717, 1.165) is 6.42 Å². The van der Waals surface area contributed by atoms with Crippen LogP contribution in [0.25, 0.3) is 0 Å². The molecular formula is C11H12O2. The van der Waals surface area contributed by atoms with E-state index >= 15 is 0 Å². The molecule has 0 amide bonds. The number of carbonyl (C=O) groups is 1. The highest BCUT2D eigenvalue weighted by atomic mass is 16.5. The number of para-hydroxylation sites is 1. The molecule has 0 unspecified atom stereocenters. The van der Waals surface area contributed by atoms with Crippen LogP contribution in [0, 0.1) is 0 Å². The fraction of sp³-hybridized carbons (Fsp3) is 0.182. The Morgan fingerprint density at radius 2 is 2.08 bits per heavy atom. The van der Waals surface area contributed by atoms with Gasteiger partial charge in [-0.05, 0) is 18.6 Å². The van der Waals surface area contributed by atoms with Crippen molar-refractivity contribution in [3.63, 3.8) is 0 Å². The number of benzene rings is 1. The third kappa shape index (κ3) is 3.56. The Bertz CT molecular complexity index is 288. The molecule has 0 heterocycles. The third-order valence-electron chi connectivity index (χ3n) is 1.45. The highest BCUT2D eigenvalue weighted by molar-refractivity contribution is 5.83. The minimum absolute atomic E-state index is 0.326. The van der Waals surface area contributed by atoms with Crippen molar-refractivity contribution < 1.29 is 9.53 Å². The quantitative estimate of drug-likeness (QED) is 0.402. The molecule has 2 heteroatoms. The second-order valence-electron chi connectivity index (χ2n) is 2.54. The largest absolute Gasteiger partial charge is 0.423 e. The SMILES string of the molecule is CC/C=C\C(=O)Oc1ccccc1. The molecule has 0 fully saturated rings. The maximum absolute atomic E-state index is 11.1. The Balaban J connectivity index is 2.50. The summed E-state index contributed by atoms with van der Waals surface area (Å²) in [6.07, 6.45) is 4.04. The van der Waals surface area contributed by atoms with E-state index in [-0.39, 0.29) is 5.97 Å². The van der Waals surface area contributed by atoms with Crippen LogP contribution in [-0.2, 0) is 4.79 Å². The molecule has 0 aromatic heterocycles. The summed E-state index contributed by atoms with van der Waals surface area (Å²) in [4.78, 5) is 11.1. The van der Waals surface area contributed by atoms with E-state index in [1.165, 1.54) is 6.08 Å². The van der Waals surface area contributed by atoms with Crippen LogP contribution < -0.4 is 4.74 Å². The number of hydrogen-bond acceptors (Lipinski definition) is 2. The monoisotopic (exact) mass is 176 g/mol. The molecule has 0 saturated heterocycles. The first-order valence-corrected chi connectivity index (χ1v) is 4.26. The predicted molar refractivity (Wildman–Crippen MR) is 51.5 cm³/mol. The maximum Gasteiger partial charge on any atom is 0.335 e. The molecular weight excluding hydrogens is 164 g/mol. The van der Waals surface area contributed by atoms with E-state index in [0.29, 0.717) is 5.75 Å². The Hall–Kier alpha value is -1.57. The molecule has 68 valence electrons. The van der Waals surface area contributed by atoms with Crippen LogP contribution in [0.15, 0.2) is 42.5 Å². The van der Waals surface area contributed by atoms with Crippen molar-refractivity contribution in [2.75, 3.05) is 0 Å². The standard InChI is InChI=1S/C11H12O2/c1-2-3-9-11(12)13-10-7-5-4-6-8-10/h3-9H,2H2,1H3/b9-3-. The molecule has 0 radical (unpaired) electrons. The first-order valence-electron chi connectivity index (χ1n) is 4.26. The van der Waals surface area contributed by atoms with Gasteiger partial charge in [0.2, 0.25) is 0 Å². The summed E-state index contributed by atoms with van der Waals surface area (Å²) >= 11 is 0. The summed E-state index contributed by atoms with van der Waals surface area (Å²) in [5.74, 6) is 0.251. The molecule has 0 N–H and O–H groups in total. The molecule has 0 aliphatic carbocycles. The van der Waals surface area contributed by atoms with Gasteiger partial charge in [-0.25, -0.2) is 4.79 Å². The minimum atomic E-state index is -0.326. The van der Waals surface area contributed by atoms with Gasteiger partial charge in [0.1, 0.15) is 5.75 Å². The van der Waals surface area contributed by atoms with Gasteiger partial charge in [-0.2, -0.15) is 0 Å². The van der Waals surface area contributed by atoms with Crippen LogP contribution in [0.1, 0.15) is 13.3 Å². The highest BCUT2D eigenvalue weighted by Gasteiger charge is 1.97. The second-order valence-corrected chi connectivity index (χ2v) is 2.54. The van der Waals surface area contributed by atoms with Crippen molar-refractivity contribution in [2.24, 2.45) is 0 Å². The number of ether oxygens (including phenoxy) is 1. The summed E-state index contributed by atoms with van der Waals surface area (Å²) in [6.45, 7) is 1.96. The van der Waals surface area contributed by atoms with E-state index in [4.69, 9.17) is 4.74 Å². The average molecular weight is 176 g/mol. The summed E-state index contributed by atoms with van der Waals surface area (Å²) < 4.78 is 4.99. The van der Waals surface area contributed by atoms with Crippen molar-refractivity contribution in [2.45, 2.75) is 13.3 Å². The maximum atomic E-state index is 11.1. The molecule has 1 aromatic rings. The second kappa shape index (κ2) is 5.14. The Morgan fingerprint density at radius 3 is 2.69 bits per heavy atom. The van der Waals surface area contributed by atoms with Crippen molar-refractivity contribution >= 4 is 5.97 Å². The Kier molecular flexibility index (Phi) is 3.76. The molecule has 1 aromatic carbocycles. The van der Waals surface area contributed by atoms with Gasteiger partial charge in [0.15, 0.2) is 0 Å². The van der Waals surface area contributed by atoms with E-state index in [1.807, 2.05) is 25.1 Å². The van der Waals surface area contributed by atoms with E-state index in [9.17, 15) is 4.79 Å². The summed E-state index contributed by atoms with van der Waals surface area (Å²) in [5.41, 5.74) is 0. The highest BCUT2D eigenvalue weighted by Crippen LogP contribution is 2.08. The zero-order valence-electron chi connectivity index (χ0n) is 7.57. The van der Waals surface area contributed by atoms with Crippen LogP contribution in [-0.4, -0.2) is 5.97 Å². The number of allylic oxidation sites excluding steroid dienone is 1. The lowest BCUT2D eigenvalue weighted by atomic mass is 10.3. The molecule has 0 bridgehead atoms. The van der Waals surface area contributed by atoms with Crippen LogP contribution in [0.5, 0.6) is 5.75 Å². The molecule has 0 aliphatic rings. The molecule has 0 spiro atoms. The Morgan fingerprint density at radius 1 is 1.38 bits per heavy atom. The van der Waals surface area contributed by atoms with Crippen molar-refractivity contribution in [3.05, 3.63) is 42.5 Å². The number of esters is 1. The first kappa shape index (κ1) is 9.52. The third-order valence-corrected chi connectivity index (χ3v) is 1.45. The molecule has 13 heavy (non-hydrogen) atoms.